The van der Waals surface area contributed by atoms with E-state index < -0.39 is 0 Å². The lowest BCUT2D eigenvalue weighted by atomic mass is 9.80. The first kappa shape index (κ1) is 17.6. The first-order valence-electron chi connectivity index (χ1n) is 9.33. The van der Waals surface area contributed by atoms with E-state index in [0.717, 1.165) is 19.3 Å². The lowest BCUT2D eigenvalue weighted by Crippen LogP contribution is -2.42. The van der Waals surface area contributed by atoms with E-state index in [4.69, 9.17) is 4.52 Å². The first-order valence-corrected chi connectivity index (χ1v) is 9.33. The summed E-state index contributed by atoms with van der Waals surface area (Å²) in [7, 11) is 0. The molecule has 1 heterocycles. The summed E-state index contributed by atoms with van der Waals surface area (Å²) < 4.78 is 5.09. The molecule has 134 valence electrons. The lowest BCUT2D eigenvalue weighted by molar-refractivity contribution is -0.122. The standard InChI is InChI=1S/C20H27N3O2/c1-15-21-20(25-23-15)13-7-12-19(24)22-18-11-6-5-10-17(18)14-16-8-3-2-4-9-16/h2-4,8-9,17-18H,5-7,10-14H2,1H3,(H,22,24). The third kappa shape index (κ3) is 5.41. The van der Waals surface area contributed by atoms with Crippen LogP contribution in [-0.2, 0) is 17.6 Å². The summed E-state index contributed by atoms with van der Waals surface area (Å²) in [5.41, 5.74) is 1.36. The van der Waals surface area contributed by atoms with Crippen LogP contribution in [0.2, 0.25) is 0 Å². The highest BCUT2D eigenvalue weighted by atomic mass is 16.5. The van der Waals surface area contributed by atoms with Crippen LogP contribution in [0.4, 0.5) is 0 Å². The van der Waals surface area contributed by atoms with Crippen LogP contribution in [-0.4, -0.2) is 22.1 Å². The smallest absolute Gasteiger partial charge is 0.226 e. The van der Waals surface area contributed by atoms with Crippen molar-refractivity contribution in [3.8, 4) is 0 Å². The fourth-order valence-corrected chi connectivity index (χ4v) is 3.68. The lowest BCUT2D eigenvalue weighted by Gasteiger charge is -2.32. The minimum atomic E-state index is 0.140. The van der Waals surface area contributed by atoms with Gasteiger partial charge in [0.1, 0.15) is 0 Å². The minimum Gasteiger partial charge on any atom is -0.353 e. The number of hydrogen-bond acceptors (Lipinski definition) is 4. The molecule has 1 N–H and O–H groups in total. The largest absolute Gasteiger partial charge is 0.353 e. The second kappa shape index (κ2) is 8.79. The summed E-state index contributed by atoms with van der Waals surface area (Å²) in [4.78, 5) is 16.5. The van der Waals surface area contributed by atoms with E-state index in [2.05, 4.69) is 45.8 Å². The predicted molar refractivity (Wildman–Crippen MR) is 96.0 cm³/mol. The number of aromatic nitrogens is 2. The summed E-state index contributed by atoms with van der Waals surface area (Å²) >= 11 is 0. The maximum absolute atomic E-state index is 12.3. The van der Waals surface area contributed by atoms with Crippen molar-refractivity contribution >= 4 is 5.91 Å². The van der Waals surface area contributed by atoms with Gasteiger partial charge in [0.05, 0.1) is 0 Å². The van der Waals surface area contributed by atoms with Crippen LogP contribution in [0.15, 0.2) is 34.9 Å². The Bertz CT molecular complexity index is 669. The average molecular weight is 341 g/mol. The van der Waals surface area contributed by atoms with Crippen LogP contribution >= 0.6 is 0 Å². The van der Waals surface area contributed by atoms with Gasteiger partial charge in [-0.1, -0.05) is 48.3 Å². The van der Waals surface area contributed by atoms with Gasteiger partial charge in [0.2, 0.25) is 11.8 Å². The number of nitrogens with one attached hydrogen (secondary N) is 1. The highest BCUT2D eigenvalue weighted by molar-refractivity contribution is 5.76. The Labute approximate surface area is 149 Å². The number of nitrogens with zero attached hydrogens (tertiary/aromatic N) is 2. The van der Waals surface area contributed by atoms with E-state index in [1.807, 2.05) is 0 Å². The zero-order valence-electron chi connectivity index (χ0n) is 14.9. The maximum atomic E-state index is 12.3. The van der Waals surface area contributed by atoms with Gasteiger partial charge in [0.15, 0.2) is 5.82 Å². The second-order valence-electron chi connectivity index (χ2n) is 7.00. The molecule has 1 fully saturated rings. The summed E-state index contributed by atoms with van der Waals surface area (Å²) in [6.45, 7) is 1.80. The molecule has 1 aromatic heterocycles. The Morgan fingerprint density at radius 1 is 1.24 bits per heavy atom. The van der Waals surface area contributed by atoms with E-state index >= 15 is 0 Å². The number of hydrogen-bond donors (Lipinski definition) is 1. The maximum Gasteiger partial charge on any atom is 0.226 e. The third-order valence-corrected chi connectivity index (χ3v) is 4.96. The van der Waals surface area contributed by atoms with E-state index in [-0.39, 0.29) is 5.91 Å². The third-order valence-electron chi connectivity index (χ3n) is 4.96. The summed E-state index contributed by atoms with van der Waals surface area (Å²) in [6.07, 6.45) is 7.71. The molecule has 5 nitrogen and oxygen atoms in total. The average Bonchev–Trinajstić information content (AvgIpc) is 3.03. The van der Waals surface area contributed by atoms with E-state index in [1.165, 1.54) is 24.8 Å². The van der Waals surface area contributed by atoms with Crippen molar-refractivity contribution in [2.45, 2.75) is 64.3 Å². The van der Waals surface area contributed by atoms with Gasteiger partial charge in [0, 0.05) is 18.9 Å². The van der Waals surface area contributed by atoms with Crippen molar-refractivity contribution in [1.29, 1.82) is 0 Å². The highest BCUT2D eigenvalue weighted by Gasteiger charge is 2.26. The fraction of sp³-hybridized carbons (Fsp3) is 0.550. The van der Waals surface area contributed by atoms with Crippen LogP contribution in [0, 0.1) is 12.8 Å². The van der Waals surface area contributed by atoms with Crippen molar-refractivity contribution in [2.75, 3.05) is 0 Å². The van der Waals surface area contributed by atoms with Gasteiger partial charge in [-0.2, -0.15) is 4.98 Å². The summed E-state index contributed by atoms with van der Waals surface area (Å²) in [5, 5.41) is 7.05. The normalized spacial score (nSPS) is 20.4. The van der Waals surface area contributed by atoms with Gasteiger partial charge in [-0.3, -0.25) is 4.79 Å². The number of carbonyl (C=O) groups excluding carboxylic acids is 1. The number of aryl methyl sites for hydroxylation is 2. The molecule has 0 aliphatic heterocycles. The van der Waals surface area contributed by atoms with Crippen LogP contribution in [0.1, 0.15) is 55.8 Å². The van der Waals surface area contributed by atoms with Crippen LogP contribution in [0.3, 0.4) is 0 Å². The molecule has 2 aromatic rings. The van der Waals surface area contributed by atoms with Crippen molar-refractivity contribution in [3.63, 3.8) is 0 Å². The number of carbonyl (C=O) groups is 1. The summed E-state index contributed by atoms with van der Waals surface area (Å²) in [5.74, 6) is 1.94. The molecule has 0 spiro atoms. The van der Waals surface area contributed by atoms with Crippen molar-refractivity contribution in [1.82, 2.24) is 15.5 Å². The first-order chi connectivity index (χ1) is 12.2. The molecule has 1 aliphatic carbocycles. The molecule has 1 aliphatic rings. The Morgan fingerprint density at radius 2 is 2.04 bits per heavy atom. The molecular formula is C20H27N3O2. The van der Waals surface area contributed by atoms with Crippen LogP contribution in [0.25, 0.3) is 0 Å². The number of benzene rings is 1. The minimum absolute atomic E-state index is 0.140. The van der Waals surface area contributed by atoms with Crippen LogP contribution < -0.4 is 5.32 Å². The Balaban J connectivity index is 1.46. The molecule has 1 aromatic carbocycles. The quantitative estimate of drug-likeness (QED) is 0.835. The molecule has 2 atom stereocenters. The van der Waals surface area contributed by atoms with Gasteiger partial charge in [-0.25, -0.2) is 0 Å². The number of rotatable bonds is 7. The van der Waals surface area contributed by atoms with E-state index in [9.17, 15) is 4.79 Å². The molecule has 2 unspecified atom stereocenters. The zero-order chi connectivity index (χ0) is 17.5. The van der Waals surface area contributed by atoms with Crippen LogP contribution in [0.5, 0.6) is 0 Å². The summed E-state index contributed by atoms with van der Waals surface area (Å²) in [6, 6.07) is 10.9. The van der Waals surface area contributed by atoms with Gasteiger partial charge >= 0.3 is 0 Å². The molecule has 1 saturated carbocycles. The second-order valence-corrected chi connectivity index (χ2v) is 7.00. The topological polar surface area (TPSA) is 68.0 Å². The molecule has 0 radical (unpaired) electrons. The Morgan fingerprint density at radius 3 is 2.80 bits per heavy atom. The number of amides is 1. The predicted octanol–water partition coefficient (Wildman–Crippen LogP) is 3.62. The molecule has 0 bridgehead atoms. The van der Waals surface area contributed by atoms with Gasteiger partial charge in [-0.15, -0.1) is 0 Å². The molecule has 25 heavy (non-hydrogen) atoms. The molecule has 1 amide bonds. The molecular weight excluding hydrogens is 314 g/mol. The molecule has 5 heteroatoms. The van der Waals surface area contributed by atoms with Gasteiger partial charge in [-0.05, 0) is 44.1 Å². The fourth-order valence-electron chi connectivity index (χ4n) is 3.68. The Kier molecular flexibility index (Phi) is 6.20. The SMILES string of the molecule is Cc1noc(CCCC(=O)NC2CCCCC2Cc2ccccc2)n1. The monoisotopic (exact) mass is 341 g/mol. The van der Waals surface area contributed by atoms with Gasteiger partial charge in [0.25, 0.3) is 0 Å². The van der Waals surface area contributed by atoms with Crippen molar-refractivity contribution in [3.05, 3.63) is 47.6 Å². The molecule has 0 saturated heterocycles. The Hall–Kier alpha value is -2.17. The van der Waals surface area contributed by atoms with E-state index in [0.29, 0.717) is 36.5 Å². The molecule has 3 rings (SSSR count). The highest BCUT2D eigenvalue weighted by Crippen LogP contribution is 2.27. The van der Waals surface area contributed by atoms with Gasteiger partial charge < -0.3 is 9.84 Å². The van der Waals surface area contributed by atoms with Crippen molar-refractivity contribution in [2.24, 2.45) is 5.92 Å². The van der Waals surface area contributed by atoms with Crippen molar-refractivity contribution < 1.29 is 9.32 Å². The zero-order valence-corrected chi connectivity index (χ0v) is 14.9. The van der Waals surface area contributed by atoms with E-state index in [1.54, 1.807) is 6.92 Å².